The quantitative estimate of drug-likeness (QED) is 0.868. The average Bonchev–Trinajstić information content (AvgIpc) is 3.06. The number of benzene rings is 1. The third-order valence-corrected chi connectivity index (χ3v) is 4.35. The first-order valence-corrected chi connectivity index (χ1v) is 7.37. The standard InChI is InChI=1S/C12H13N3O3S/c16-19(17,15-8-12-13-4-5-14-12)10-1-2-11-9(7-10)3-6-18-11/h1-2,4-5,7,15H,3,6,8H2,(H,13,14). The maximum Gasteiger partial charge on any atom is 0.240 e. The lowest BCUT2D eigenvalue weighted by Crippen LogP contribution is -2.23. The van der Waals surface area contributed by atoms with Gasteiger partial charge in [0.2, 0.25) is 10.0 Å². The van der Waals surface area contributed by atoms with Gasteiger partial charge in [-0.25, -0.2) is 18.1 Å². The molecule has 3 rings (SSSR count). The summed E-state index contributed by atoms with van der Waals surface area (Å²) < 4.78 is 32.1. The molecule has 0 saturated carbocycles. The van der Waals surface area contributed by atoms with Crippen LogP contribution in [0.2, 0.25) is 0 Å². The minimum absolute atomic E-state index is 0.142. The summed E-state index contributed by atoms with van der Waals surface area (Å²) in [6, 6.07) is 4.91. The lowest BCUT2D eigenvalue weighted by Gasteiger charge is -2.07. The highest BCUT2D eigenvalue weighted by atomic mass is 32.2. The summed E-state index contributed by atoms with van der Waals surface area (Å²) >= 11 is 0. The molecule has 0 aliphatic carbocycles. The summed E-state index contributed by atoms with van der Waals surface area (Å²) in [6.07, 6.45) is 3.98. The van der Waals surface area contributed by atoms with Gasteiger partial charge in [0, 0.05) is 18.8 Å². The molecule has 0 unspecified atom stereocenters. The Balaban J connectivity index is 1.80. The molecule has 0 saturated heterocycles. The molecule has 0 amide bonds. The molecular formula is C12H13N3O3S. The Bertz CT molecular complexity index is 680. The van der Waals surface area contributed by atoms with Crippen LogP contribution < -0.4 is 9.46 Å². The van der Waals surface area contributed by atoms with Crippen molar-refractivity contribution < 1.29 is 13.2 Å². The van der Waals surface area contributed by atoms with Gasteiger partial charge >= 0.3 is 0 Å². The first kappa shape index (κ1) is 12.2. The topological polar surface area (TPSA) is 84.1 Å². The number of sulfonamides is 1. The van der Waals surface area contributed by atoms with Gasteiger partial charge in [-0.05, 0) is 23.8 Å². The number of nitrogens with zero attached hydrogens (tertiary/aromatic N) is 1. The molecule has 1 aromatic carbocycles. The van der Waals surface area contributed by atoms with Crippen LogP contribution in [0, 0.1) is 0 Å². The highest BCUT2D eigenvalue weighted by Gasteiger charge is 2.19. The van der Waals surface area contributed by atoms with E-state index < -0.39 is 10.0 Å². The zero-order valence-electron chi connectivity index (χ0n) is 10.1. The monoisotopic (exact) mass is 279 g/mol. The van der Waals surface area contributed by atoms with E-state index in [-0.39, 0.29) is 11.4 Å². The van der Waals surface area contributed by atoms with Gasteiger partial charge in [-0.1, -0.05) is 0 Å². The van der Waals surface area contributed by atoms with Crippen molar-refractivity contribution in [3.63, 3.8) is 0 Å². The number of fused-ring (bicyclic) bond motifs is 1. The molecule has 100 valence electrons. The Morgan fingerprint density at radius 2 is 2.32 bits per heavy atom. The third kappa shape index (κ3) is 2.47. The predicted molar refractivity (Wildman–Crippen MR) is 68.3 cm³/mol. The minimum atomic E-state index is -3.52. The number of ether oxygens (including phenoxy) is 1. The second kappa shape index (κ2) is 4.67. The zero-order valence-corrected chi connectivity index (χ0v) is 10.9. The Hall–Kier alpha value is -1.86. The smallest absolute Gasteiger partial charge is 0.240 e. The van der Waals surface area contributed by atoms with Crippen LogP contribution in [0.25, 0.3) is 0 Å². The van der Waals surface area contributed by atoms with Crippen molar-refractivity contribution in [3.05, 3.63) is 42.0 Å². The molecule has 2 N–H and O–H groups in total. The van der Waals surface area contributed by atoms with Crippen LogP contribution in [0.5, 0.6) is 5.75 Å². The Kier molecular flexibility index (Phi) is 3.00. The fourth-order valence-electron chi connectivity index (χ4n) is 1.97. The number of imidazole rings is 1. The fourth-order valence-corrected chi connectivity index (χ4v) is 3.01. The van der Waals surface area contributed by atoms with Gasteiger partial charge in [-0.2, -0.15) is 0 Å². The van der Waals surface area contributed by atoms with Crippen LogP contribution in [-0.4, -0.2) is 25.0 Å². The van der Waals surface area contributed by atoms with Gasteiger partial charge in [0.25, 0.3) is 0 Å². The van der Waals surface area contributed by atoms with Crippen molar-refractivity contribution in [1.82, 2.24) is 14.7 Å². The van der Waals surface area contributed by atoms with E-state index in [1.54, 1.807) is 30.6 Å². The van der Waals surface area contributed by atoms with Gasteiger partial charge in [-0.15, -0.1) is 0 Å². The number of nitrogens with one attached hydrogen (secondary N) is 2. The van der Waals surface area contributed by atoms with Crippen LogP contribution in [-0.2, 0) is 23.0 Å². The van der Waals surface area contributed by atoms with Crippen LogP contribution in [0.1, 0.15) is 11.4 Å². The van der Waals surface area contributed by atoms with E-state index in [1.807, 2.05) is 0 Å². The van der Waals surface area contributed by atoms with Gasteiger partial charge in [0.1, 0.15) is 11.6 Å². The lowest BCUT2D eigenvalue weighted by atomic mass is 10.2. The van der Waals surface area contributed by atoms with Crippen molar-refractivity contribution in [2.24, 2.45) is 0 Å². The average molecular weight is 279 g/mol. The molecule has 0 spiro atoms. The second-order valence-electron chi connectivity index (χ2n) is 4.23. The zero-order chi connectivity index (χ0) is 13.3. The first-order chi connectivity index (χ1) is 9.15. The van der Waals surface area contributed by atoms with E-state index in [9.17, 15) is 8.42 Å². The molecule has 1 aromatic heterocycles. The van der Waals surface area contributed by atoms with Crippen molar-refractivity contribution >= 4 is 10.0 Å². The minimum Gasteiger partial charge on any atom is -0.493 e. The summed E-state index contributed by atoms with van der Waals surface area (Å²) in [4.78, 5) is 7.07. The van der Waals surface area contributed by atoms with E-state index in [1.165, 1.54) is 0 Å². The maximum atomic E-state index is 12.1. The second-order valence-corrected chi connectivity index (χ2v) is 6.00. The maximum absolute atomic E-state index is 12.1. The molecule has 2 aromatic rings. The van der Waals surface area contributed by atoms with Gasteiger partial charge < -0.3 is 9.72 Å². The Morgan fingerprint density at radius 1 is 1.42 bits per heavy atom. The van der Waals surface area contributed by atoms with Crippen LogP contribution in [0.3, 0.4) is 0 Å². The van der Waals surface area contributed by atoms with E-state index in [0.29, 0.717) is 12.4 Å². The Labute approximate surface area is 110 Å². The van der Waals surface area contributed by atoms with E-state index >= 15 is 0 Å². The molecule has 2 heterocycles. The molecule has 7 heteroatoms. The van der Waals surface area contributed by atoms with Crippen molar-refractivity contribution in [1.29, 1.82) is 0 Å². The Morgan fingerprint density at radius 3 is 3.11 bits per heavy atom. The highest BCUT2D eigenvalue weighted by Crippen LogP contribution is 2.27. The molecule has 0 atom stereocenters. The molecule has 0 fully saturated rings. The number of aromatic amines is 1. The van der Waals surface area contributed by atoms with Crippen LogP contribution in [0.15, 0.2) is 35.5 Å². The molecule has 1 aliphatic rings. The third-order valence-electron chi connectivity index (χ3n) is 2.96. The SMILES string of the molecule is O=S(=O)(NCc1ncc[nH]1)c1ccc2c(c1)CCO2. The molecular weight excluding hydrogens is 266 g/mol. The van der Waals surface area contributed by atoms with Crippen molar-refractivity contribution in [2.45, 2.75) is 17.9 Å². The van der Waals surface area contributed by atoms with Gasteiger partial charge in [0.05, 0.1) is 18.0 Å². The molecule has 0 bridgehead atoms. The van der Waals surface area contributed by atoms with E-state index in [0.717, 1.165) is 17.7 Å². The summed E-state index contributed by atoms with van der Waals surface area (Å²) in [5.74, 6) is 1.35. The van der Waals surface area contributed by atoms with E-state index in [2.05, 4.69) is 14.7 Å². The lowest BCUT2D eigenvalue weighted by molar-refractivity contribution is 0.356. The number of hydrogen-bond acceptors (Lipinski definition) is 4. The number of hydrogen-bond donors (Lipinski definition) is 2. The van der Waals surface area contributed by atoms with Crippen molar-refractivity contribution in [3.8, 4) is 5.75 Å². The summed E-state index contributed by atoms with van der Waals surface area (Å²) in [5.41, 5.74) is 0.931. The largest absolute Gasteiger partial charge is 0.493 e. The molecule has 1 aliphatic heterocycles. The van der Waals surface area contributed by atoms with Crippen molar-refractivity contribution in [2.75, 3.05) is 6.61 Å². The summed E-state index contributed by atoms with van der Waals surface area (Å²) in [6.45, 7) is 0.752. The van der Waals surface area contributed by atoms with Crippen LogP contribution in [0.4, 0.5) is 0 Å². The fraction of sp³-hybridized carbons (Fsp3) is 0.250. The predicted octanol–water partition coefficient (Wildman–Crippen LogP) is 0.823. The van der Waals surface area contributed by atoms with E-state index in [4.69, 9.17) is 4.74 Å². The molecule has 19 heavy (non-hydrogen) atoms. The first-order valence-electron chi connectivity index (χ1n) is 5.89. The highest BCUT2D eigenvalue weighted by molar-refractivity contribution is 7.89. The number of H-pyrrole nitrogens is 1. The summed E-state index contributed by atoms with van der Waals surface area (Å²) in [7, 11) is -3.52. The van der Waals surface area contributed by atoms with Gasteiger partial charge in [0.15, 0.2) is 0 Å². The number of rotatable bonds is 4. The summed E-state index contributed by atoms with van der Waals surface area (Å²) in [5, 5.41) is 0. The molecule has 0 radical (unpaired) electrons. The normalized spacial score (nSPS) is 14.1. The van der Waals surface area contributed by atoms with Crippen LogP contribution >= 0.6 is 0 Å². The molecule has 6 nitrogen and oxygen atoms in total. The number of aromatic nitrogens is 2. The van der Waals surface area contributed by atoms with Gasteiger partial charge in [-0.3, -0.25) is 0 Å².